The Balaban J connectivity index is 2.46. The number of fused-ring (bicyclic) bond motifs is 3. The molecule has 0 aliphatic carbocycles. The summed E-state index contributed by atoms with van der Waals surface area (Å²) in [6.07, 6.45) is 1.74. The van der Waals surface area contributed by atoms with Gasteiger partial charge in [0.25, 0.3) is 0 Å². The summed E-state index contributed by atoms with van der Waals surface area (Å²) in [5.74, 6) is -0.0279. The maximum Gasteiger partial charge on any atom is 0.178 e. The second kappa shape index (κ2) is 3.63. The van der Waals surface area contributed by atoms with Crippen LogP contribution in [0.5, 0.6) is 0 Å². The molecule has 0 unspecified atom stereocenters. The van der Waals surface area contributed by atoms with E-state index in [0.717, 1.165) is 21.8 Å². The first-order valence-electron chi connectivity index (χ1n) is 5.41. The van der Waals surface area contributed by atoms with Gasteiger partial charge in [0.1, 0.15) is 5.69 Å². The summed E-state index contributed by atoms with van der Waals surface area (Å²) < 4.78 is 0. The fraction of sp³-hybridized carbons (Fsp3) is 0.0714. The van der Waals surface area contributed by atoms with E-state index in [1.807, 2.05) is 30.3 Å². The van der Waals surface area contributed by atoms with Gasteiger partial charge in [-0.3, -0.25) is 9.78 Å². The molecule has 3 aromatic rings. The highest BCUT2D eigenvalue weighted by Crippen LogP contribution is 2.22. The molecule has 0 fully saturated rings. The second-order valence-electron chi connectivity index (χ2n) is 3.97. The Kier molecular flexibility index (Phi) is 2.11. The average molecular weight is 222 g/mol. The van der Waals surface area contributed by atoms with Crippen molar-refractivity contribution in [3.63, 3.8) is 0 Å². The van der Waals surface area contributed by atoms with Crippen molar-refractivity contribution in [3.8, 4) is 0 Å². The molecule has 2 aromatic heterocycles. The number of nitrogens with zero attached hydrogens (tertiary/aromatic N) is 2. The third-order valence-corrected chi connectivity index (χ3v) is 2.79. The predicted molar refractivity (Wildman–Crippen MR) is 67.0 cm³/mol. The van der Waals surface area contributed by atoms with Gasteiger partial charge >= 0.3 is 0 Å². The zero-order chi connectivity index (χ0) is 11.8. The minimum atomic E-state index is -0.0279. The lowest BCUT2D eigenvalue weighted by atomic mass is 10.1. The Labute approximate surface area is 98.1 Å². The molecular formula is C14H10N2O. The van der Waals surface area contributed by atoms with Gasteiger partial charge < -0.3 is 0 Å². The third kappa shape index (κ3) is 1.56. The van der Waals surface area contributed by atoms with E-state index in [1.165, 1.54) is 6.92 Å². The van der Waals surface area contributed by atoms with Crippen molar-refractivity contribution in [2.24, 2.45) is 0 Å². The van der Waals surface area contributed by atoms with Gasteiger partial charge in [0.2, 0.25) is 0 Å². The van der Waals surface area contributed by atoms with Crippen LogP contribution in [0.1, 0.15) is 17.4 Å². The normalized spacial score (nSPS) is 10.9. The van der Waals surface area contributed by atoms with Gasteiger partial charge in [-0.15, -0.1) is 0 Å². The maximum absolute atomic E-state index is 11.3. The zero-order valence-electron chi connectivity index (χ0n) is 9.34. The van der Waals surface area contributed by atoms with Crippen LogP contribution < -0.4 is 0 Å². The monoisotopic (exact) mass is 222 g/mol. The van der Waals surface area contributed by atoms with Crippen molar-refractivity contribution in [2.75, 3.05) is 0 Å². The smallest absolute Gasteiger partial charge is 0.178 e. The molecule has 0 N–H and O–H groups in total. The SMILES string of the molecule is CC(=O)c1ccc2ccc3cccnc3c2n1. The van der Waals surface area contributed by atoms with E-state index in [2.05, 4.69) is 9.97 Å². The first-order valence-corrected chi connectivity index (χ1v) is 5.41. The minimum absolute atomic E-state index is 0.0279. The van der Waals surface area contributed by atoms with Crippen molar-refractivity contribution in [2.45, 2.75) is 6.92 Å². The van der Waals surface area contributed by atoms with Gasteiger partial charge in [0.05, 0.1) is 11.0 Å². The molecule has 0 atom stereocenters. The highest BCUT2D eigenvalue weighted by Gasteiger charge is 2.06. The van der Waals surface area contributed by atoms with Crippen LogP contribution in [0.25, 0.3) is 21.8 Å². The summed E-state index contributed by atoms with van der Waals surface area (Å²) in [5.41, 5.74) is 2.11. The number of carbonyl (C=O) groups excluding carboxylic acids is 1. The number of pyridine rings is 2. The van der Waals surface area contributed by atoms with Crippen LogP contribution in [-0.2, 0) is 0 Å². The number of rotatable bonds is 1. The molecule has 3 rings (SSSR count). The van der Waals surface area contributed by atoms with E-state index in [4.69, 9.17) is 0 Å². The molecule has 0 saturated heterocycles. The number of aromatic nitrogens is 2. The van der Waals surface area contributed by atoms with Crippen LogP contribution in [0.2, 0.25) is 0 Å². The highest BCUT2D eigenvalue weighted by atomic mass is 16.1. The van der Waals surface area contributed by atoms with Gasteiger partial charge in [-0.1, -0.05) is 24.3 Å². The fourth-order valence-electron chi connectivity index (χ4n) is 1.92. The maximum atomic E-state index is 11.3. The summed E-state index contributed by atoms with van der Waals surface area (Å²) in [7, 11) is 0. The van der Waals surface area contributed by atoms with Crippen LogP contribution >= 0.6 is 0 Å². The summed E-state index contributed by atoms with van der Waals surface area (Å²) >= 11 is 0. The molecule has 0 saturated carbocycles. The molecule has 0 spiro atoms. The van der Waals surface area contributed by atoms with E-state index in [-0.39, 0.29) is 5.78 Å². The summed E-state index contributed by atoms with van der Waals surface area (Å²) in [4.78, 5) is 20.1. The van der Waals surface area contributed by atoms with Gasteiger partial charge in [0, 0.05) is 23.9 Å². The molecule has 0 bridgehead atoms. The molecule has 0 amide bonds. The van der Waals surface area contributed by atoms with E-state index < -0.39 is 0 Å². The topological polar surface area (TPSA) is 42.9 Å². The number of Topliss-reactive ketones (excluding diaryl/α,β-unsaturated/α-hetero) is 1. The Morgan fingerprint density at radius 2 is 1.71 bits per heavy atom. The number of benzene rings is 1. The van der Waals surface area contributed by atoms with E-state index in [1.54, 1.807) is 12.3 Å². The van der Waals surface area contributed by atoms with Gasteiger partial charge in [-0.2, -0.15) is 0 Å². The molecule has 17 heavy (non-hydrogen) atoms. The molecule has 2 heterocycles. The fourth-order valence-corrected chi connectivity index (χ4v) is 1.92. The quantitative estimate of drug-likeness (QED) is 0.469. The first kappa shape index (κ1) is 9.90. The average Bonchev–Trinajstić information content (AvgIpc) is 2.38. The molecule has 3 heteroatoms. The lowest BCUT2D eigenvalue weighted by molar-refractivity contribution is 0.101. The van der Waals surface area contributed by atoms with Crippen LogP contribution in [0.3, 0.4) is 0 Å². The largest absolute Gasteiger partial charge is 0.293 e. The van der Waals surface area contributed by atoms with Gasteiger partial charge in [0.15, 0.2) is 5.78 Å². The number of ketones is 1. The first-order chi connectivity index (χ1) is 8.25. The van der Waals surface area contributed by atoms with Gasteiger partial charge in [-0.05, 0) is 12.1 Å². The highest BCUT2D eigenvalue weighted by molar-refractivity contribution is 6.04. The minimum Gasteiger partial charge on any atom is -0.293 e. The van der Waals surface area contributed by atoms with Crippen LogP contribution in [-0.4, -0.2) is 15.8 Å². The van der Waals surface area contributed by atoms with Crippen LogP contribution in [0.15, 0.2) is 42.6 Å². The van der Waals surface area contributed by atoms with Crippen LogP contribution in [0.4, 0.5) is 0 Å². The zero-order valence-corrected chi connectivity index (χ0v) is 9.34. The van der Waals surface area contributed by atoms with Crippen molar-refractivity contribution in [3.05, 3.63) is 48.3 Å². The lowest BCUT2D eigenvalue weighted by Gasteiger charge is -2.03. The van der Waals surface area contributed by atoms with Crippen molar-refractivity contribution >= 4 is 27.6 Å². The van der Waals surface area contributed by atoms with E-state index in [9.17, 15) is 4.79 Å². The van der Waals surface area contributed by atoms with E-state index >= 15 is 0 Å². The van der Waals surface area contributed by atoms with Crippen molar-refractivity contribution in [1.29, 1.82) is 0 Å². The molecular weight excluding hydrogens is 212 g/mol. The van der Waals surface area contributed by atoms with E-state index in [0.29, 0.717) is 5.69 Å². The molecule has 82 valence electrons. The Morgan fingerprint density at radius 1 is 1.00 bits per heavy atom. The number of carbonyl (C=O) groups is 1. The van der Waals surface area contributed by atoms with Crippen LogP contribution in [0, 0.1) is 0 Å². The Morgan fingerprint density at radius 3 is 2.47 bits per heavy atom. The summed E-state index contributed by atoms with van der Waals surface area (Å²) in [6.45, 7) is 1.52. The Bertz CT molecular complexity index is 734. The molecule has 0 aliphatic rings. The number of hydrogen-bond donors (Lipinski definition) is 0. The number of hydrogen-bond acceptors (Lipinski definition) is 3. The summed E-state index contributed by atoms with van der Waals surface area (Å²) in [6, 6.07) is 11.6. The lowest BCUT2D eigenvalue weighted by Crippen LogP contribution is -1.97. The molecule has 3 nitrogen and oxygen atoms in total. The second-order valence-corrected chi connectivity index (χ2v) is 3.97. The molecule has 1 aromatic carbocycles. The molecule has 0 aliphatic heterocycles. The Hall–Kier alpha value is -2.29. The molecule has 0 radical (unpaired) electrons. The standard InChI is InChI=1S/C14H10N2O/c1-9(17)12-7-6-11-5-4-10-3-2-8-15-13(10)14(11)16-12/h2-8H,1H3. The third-order valence-electron chi connectivity index (χ3n) is 2.79. The van der Waals surface area contributed by atoms with Gasteiger partial charge in [-0.25, -0.2) is 4.98 Å². The van der Waals surface area contributed by atoms with Crippen molar-refractivity contribution < 1.29 is 4.79 Å². The predicted octanol–water partition coefficient (Wildman–Crippen LogP) is 2.99. The summed E-state index contributed by atoms with van der Waals surface area (Å²) in [5, 5.41) is 2.04. The van der Waals surface area contributed by atoms with Crippen molar-refractivity contribution in [1.82, 2.24) is 9.97 Å².